The molecule has 0 N–H and O–H groups in total. The van der Waals surface area contributed by atoms with Crippen LogP contribution >= 0.6 is 21.8 Å². The summed E-state index contributed by atoms with van der Waals surface area (Å²) < 4.78 is 31.9. The summed E-state index contributed by atoms with van der Waals surface area (Å²) in [5.41, 5.74) is 7.34. The van der Waals surface area contributed by atoms with E-state index < -0.39 is 59.9 Å². The standard InChI is InChI=1S/3C28H44P.C8H6O7S/c3*1-4-7-22-29(23-8-5-2,24-9-6-3)25-16-21-28(26-17-12-10-13-18-26)27-19-14-11-15-20-27;9-7(10)4-1-2-6(16(13,14)15)5(3-4)8(11)12/h3*10-15,17-20,28H,4-9,16,21-25H2,1-3H3;1-3H,(H,9,10)(H,11,12)(H,13,14,15)/q3*+1;/p-3. The molecular formula is C92H135O7P3S. The summed E-state index contributed by atoms with van der Waals surface area (Å²) in [6, 6.07) is 69.0. The molecule has 0 fully saturated rings. The molecule has 0 saturated heterocycles. The van der Waals surface area contributed by atoms with Gasteiger partial charge in [-0.2, -0.15) is 0 Å². The molecule has 0 unspecified atom stereocenters. The highest BCUT2D eigenvalue weighted by molar-refractivity contribution is 7.85. The monoisotopic (exact) mass is 1480 g/mol. The van der Waals surface area contributed by atoms with Gasteiger partial charge in [0.1, 0.15) is 10.1 Å². The molecular weight excluding hydrogens is 1340 g/mol. The van der Waals surface area contributed by atoms with Crippen LogP contribution in [-0.4, -0.2) is 98.9 Å². The Kier molecular flexibility index (Phi) is 46.0. The van der Waals surface area contributed by atoms with Gasteiger partial charge in [0.2, 0.25) is 0 Å². The maximum absolute atomic E-state index is 10.6. The summed E-state index contributed by atoms with van der Waals surface area (Å²) in [4.78, 5) is 19.9. The second-order valence-corrected chi connectivity index (χ2v) is 43.9. The molecule has 566 valence electrons. The Hall–Kier alpha value is -5.32. The summed E-state index contributed by atoms with van der Waals surface area (Å²) >= 11 is 0. The Labute approximate surface area is 630 Å². The van der Waals surface area contributed by atoms with Gasteiger partial charge in [-0.25, -0.2) is 8.42 Å². The Morgan fingerprint density at radius 2 is 0.485 bits per heavy atom. The predicted octanol–water partition coefficient (Wildman–Crippen LogP) is 24.4. The van der Waals surface area contributed by atoms with Gasteiger partial charge in [0, 0.05) is 45.1 Å². The highest BCUT2D eigenvalue weighted by Gasteiger charge is 2.38. The van der Waals surface area contributed by atoms with Crippen LogP contribution in [0.1, 0.15) is 288 Å². The van der Waals surface area contributed by atoms with Crippen LogP contribution in [0.4, 0.5) is 0 Å². The predicted molar refractivity (Wildman–Crippen MR) is 448 cm³/mol. The van der Waals surface area contributed by atoms with Crippen LogP contribution in [0, 0.1) is 0 Å². The molecule has 0 heterocycles. The molecule has 0 radical (unpaired) electrons. The highest BCUT2D eigenvalue weighted by atomic mass is 32.2. The first kappa shape index (κ1) is 90.1. The van der Waals surface area contributed by atoms with Gasteiger partial charge in [-0.1, -0.05) is 308 Å². The molecule has 0 bridgehead atoms. The largest absolute Gasteiger partial charge is 0.744 e. The fourth-order valence-electron chi connectivity index (χ4n) is 15.1. The van der Waals surface area contributed by atoms with E-state index in [0.717, 1.165) is 6.07 Å². The summed E-state index contributed by atoms with van der Waals surface area (Å²) in [6.45, 7) is 21.3. The zero-order valence-electron chi connectivity index (χ0n) is 65.3. The minimum Gasteiger partial charge on any atom is -0.744 e. The summed E-state index contributed by atoms with van der Waals surface area (Å²) in [5, 5.41) is 20.9. The number of unbranched alkanes of at least 4 members (excludes halogenated alkanes) is 9. The quantitative estimate of drug-likeness (QED) is 0.0273. The molecule has 7 aromatic carbocycles. The van der Waals surface area contributed by atoms with Crippen LogP contribution in [0.15, 0.2) is 205 Å². The van der Waals surface area contributed by atoms with Crippen LogP contribution in [0.2, 0.25) is 0 Å². The van der Waals surface area contributed by atoms with E-state index in [2.05, 4.69) is 244 Å². The lowest BCUT2D eigenvalue weighted by molar-refractivity contribution is -0.255. The molecule has 0 amide bonds. The Morgan fingerprint density at radius 3 is 0.650 bits per heavy atom. The summed E-state index contributed by atoms with van der Waals surface area (Å²) in [6.07, 6.45) is 51.7. The van der Waals surface area contributed by atoms with Crippen molar-refractivity contribution in [2.24, 2.45) is 0 Å². The van der Waals surface area contributed by atoms with Gasteiger partial charge in [0.15, 0.2) is 0 Å². The first-order valence-corrected chi connectivity index (χ1v) is 49.3. The molecule has 103 heavy (non-hydrogen) atoms. The summed E-state index contributed by atoms with van der Waals surface area (Å²) in [5.74, 6) is -2.02. The lowest BCUT2D eigenvalue weighted by Crippen LogP contribution is -2.27. The first-order valence-electron chi connectivity index (χ1n) is 40.3. The van der Waals surface area contributed by atoms with Crippen molar-refractivity contribution in [3.05, 3.63) is 245 Å². The third-order valence-corrected chi connectivity index (χ3v) is 37.2. The summed E-state index contributed by atoms with van der Waals surface area (Å²) in [7, 11) is -7.36. The number of carbonyl (C=O) groups is 2. The van der Waals surface area contributed by atoms with Crippen LogP contribution in [-0.2, 0) is 10.1 Å². The van der Waals surface area contributed by atoms with E-state index >= 15 is 0 Å². The van der Waals surface area contributed by atoms with Gasteiger partial charge in [-0.05, 0) is 147 Å². The lowest BCUT2D eigenvalue weighted by Gasteiger charge is -2.29. The number of carboxylic acids is 2. The number of rotatable bonds is 48. The second kappa shape index (κ2) is 52.6. The van der Waals surface area contributed by atoms with E-state index in [-0.39, 0.29) is 0 Å². The SMILES string of the molecule is CCCC[P+](CCCC)(CCCC)CCCC(c1ccccc1)c1ccccc1.CCCC[P+](CCCC)(CCCC)CCCC(c1ccccc1)c1ccccc1.CCCC[P+](CCCC)(CCCC)CCCC(c1ccccc1)c1ccccc1.O=C([O-])c1ccc(S(=O)(=O)[O-])c(C(=O)[O-])c1. The van der Waals surface area contributed by atoms with Gasteiger partial charge in [0.25, 0.3) is 0 Å². The Balaban J connectivity index is 0.000000297. The normalized spacial score (nSPS) is 11.7. The van der Waals surface area contributed by atoms with Crippen molar-refractivity contribution in [3.8, 4) is 0 Å². The highest BCUT2D eigenvalue weighted by Crippen LogP contribution is 2.64. The van der Waals surface area contributed by atoms with Crippen LogP contribution < -0.4 is 10.2 Å². The van der Waals surface area contributed by atoms with Crippen LogP contribution in [0.25, 0.3) is 0 Å². The zero-order chi connectivity index (χ0) is 74.9. The minimum absolute atomic E-state index is 0.495. The Morgan fingerprint density at radius 1 is 0.291 bits per heavy atom. The van der Waals surface area contributed by atoms with Gasteiger partial charge in [0.05, 0.1) is 90.8 Å². The minimum atomic E-state index is -5.01. The number of carbonyl (C=O) groups excluding carboxylic acids is 2. The molecule has 0 aromatic heterocycles. The molecule has 0 aliphatic rings. The third-order valence-electron chi connectivity index (χ3n) is 21.2. The molecule has 0 atom stereocenters. The van der Waals surface area contributed by atoms with Crippen molar-refractivity contribution in [2.75, 3.05) is 73.9 Å². The number of aromatic carboxylic acids is 2. The average Bonchev–Trinajstić information content (AvgIpc) is 0.807. The fourth-order valence-corrected chi connectivity index (χ4v) is 31.2. The average molecular weight is 1480 g/mol. The number of carboxylic acid groups (broad SMARTS) is 2. The molecule has 0 aliphatic carbocycles. The van der Waals surface area contributed by atoms with Crippen molar-refractivity contribution in [3.63, 3.8) is 0 Å². The zero-order valence-corrected chi connectivity index (χ0v) is 68.8. The van der Waals surface area contributed by atoms with Crippen LogP contribution in [0.3, 0.4) is 0 Å². The van der Waals surface area contributed by atoms with E-state index in [4.69, 9.17) is 0 Å². The third kappa shape index (κ3) is 34.0. The second-order valence-electron chi connectivity index (χ2n) is 29.2. The van der Waals surface area contributed by atoms with Gasteiger partial charge >= 0.3 is 0 Å². The maximum atomic E-state index is 10.6. The van der Waals surface area contributed by atoms with E-state index in [1.807, 2.05) is 0 Å². The smallest absolute Gasteiger partial charge is 0.125 e. The van der Waals surface area contributed by atoms with Crippen LogP contribution in [0.5, 0.6) is 0 Å². The molecule has 7 rings (SSSR count). The fraction of sp³-hybridized carbons (Fsp3) is 0.522. The number of hydrogen-bond donors (Lipinski definition) is 0. The van der Waals surface area contributed by atoms with Crippen molar-refractivity contribution in [1.82, 2.24) is 0 Å². The molecule has 0 spiro atoms. The van der Waals surface area contributed by atoms with Crippen molar-refractivity contribution in [2.45, 2.75) is 239 Å². The maximum Gasteiger partial charge on any atom is 0.125 e. The van der Waals surface area contributed by atoms with Crippen molar-refractivity contribution in [1.29, 1.82) is 0 Å². The topological polar surface area (TPSA) is 137 Å². The van der Waals surface area contributed by atoms with Crippen molar-refractivity contribution >= 4 is 43.8 Å². The molecule has 11 heteroatoms. The van der Waals surface area contributed by atoms with Gasteiger partial charge in [-0.3, -0.25) is 0 Å². The number of hydrogen-bond acceptors (Lipinski definition) is 7. The molecule has 0 aliphatic heterocycles. The van der Waals surface area contributed by atoms with E-state index in [9.17, 15) is 32.8 Å². The van der Waals surface area contributed by atoms with Gasteiger partial charge < -0.3 is 24.4 Å². The van der Waals surface area contributed by atoms with E-state index in [1.165, 1.54) is 206 Å². The van der Waals surface area contributed by atoms with Crippen molar-refractivity contribution < 1.29 is 32.8 Å². The molecule has 0 saturated carbocycles. The van der Waals surface area contributed by atoms with E-state index in [0.29, 0.717) is 29.9 Å². The van der Waals surface area contributed by atoms with E-state index in [1.54, 1.807) is 55.5 Å². The molecule has 7 nitrogen and oxygen atoms in total. The van der Waals surface area contributed by atoms with Gasteiger partial charge in [-0.15, -0.1) is 0 Å². The number of benzene rings is 7. The Bertz CT molecular complexity index is 2930. The molecule has 7 aromatic rings. The first-order chi connectivity index (χ1) is 50.0. The lowest BCUT2D eigenvalue weighted by atomic mass is 9.88.